The molecule has 5 rings (SSSR count). The van der Waals surface area contributed by atoms with Gasteiger partial charge in [0.1, 0.15) is 6.10 Å². The van der Waals surface area contributed by atoms with Crippen molar-refractivity contribution in [2.75, 3.05) is 41.3 Å². The Kier molecular flexibility index (Phi) is 13.1. The van der Waals surface area contributed by atoms with Crippen molar-refractivity contribution in [2.24, 2.45) is 16.2 Å². The Morgan fingerprint density at radius 2 is 1.19 bits per heavy atom. The van der Waals surface area contributed by atoms with Crippen LogP contribution in [0, 0.1) is 16.2 Å². The first-order valence-corrected chi connectivity index (χ1v) is 20.8. The van der Waals surface area contributed by atoms with E-state index in [0.29, 0.717) is 0 Å². The van der Waals surface area contributed by atoms with Gasteiger partial charge in [0.25, 0.3) is 0 Å². The Labute approximate surface area is 327 Å². The fraction of sp³-hybridized carbons (Fsp3) is 0.531. The van der Waals surface area contributed by atoms with E-state index in [9.17, 15) is 4.79 Å². The summed E-state index contributed by atoms with van der Waals surface area (Å²) in [5, 5.41) is 6.38. The van der Waals surface area contributed by atoms with E-state index in [2.05, 4.69) is 176 Å². The van der Waals surface area contributed by atoms with Crippen molar-refractivity contribution in [3.05, 3.63) is 102 Å². The van der Waals surface area contributed by atoms with Gasteiger partial charge in [0.2, 0.25) is 0 Å². The summed E-state index contributed by atoms with van der Waals surface area (Å²) in [5.74, 6) is -0.00701. The molecule has 1 fully saturated rings. The second-order valence-electron chi connectivity index (χ2n) is 18.0. The summed E-state index contributed by atoms with van der Waals surface area (Å²) in [6, 6.07) is 31.9. The van der Waals surface area contributed by atoms with E-state index in [-0.39, 0.29) is 34.9 Å². The molecular formula is C49H69N3O2. The zero-order valence-corrected chi connectivity index (χ0v) is 35.4. The van der Waals surface area contributed by atoms with Gasteiger partial charge < -0.3 is 19.9 Å². The molecule has 1 aliphatic rings. The van der Waals surface area contributed by atoms with Crippen LogP contribution < -0.4 is 15.1 Å². The lowest BCUT2D eigenvalue weighted by molar-refractivity contribution is -0.172. The number of carbonyl (C=O) groups is 1. The van der Waals surface area contributed by atoms with Crippen LogP contribution in [-0.4, -0.2) is 44.3 Å². The number of nitrogens with zero attached hydrogens (tertiary/aromatic N) is 2. The fourth-order valence-electron chi connectivity index (χ4n) is 8.76. The van der Waals surface area contributed by atoms with Crippen LogP contribution in [0.1, 0.15) is 131 Å². The molecule has 0 aliphatic heterocycles. The number of nitrogens with one attached hydrogen (secondary N) is 1. The molecule has 54 heavy (non-hydrogen) atoms. The summed E-state index contributed by atoms with van der Waals surface area (Å²) >= 11 is 0. The van der Waals surface area contributed by atoms with Gasteiger partial charge in [-0.1, -0.05) is 103 Å². The van der Waals surface area contributed by atoms with Crippen molar-refractivity contribution < 1.29 is 9.53 Å². The molecule has 0 spiro atoms. The van der Waals surface area contributed by atoms with Crippen molar-refractivity contribution in [1.82, 2.24) is 0 Å². The first kappa shape index (κ1) is 41.2. The fourth-order valence-corrected chi connectivity index (χ4v) is 8.76. The Balaban J connectivity index is 1.52. The summed E-state index contributed by atoms with van der Waals surface area (Å²) in [4.78, 5) is 19.0. The Morgan fingerprint density at radius 1 is 0.685 bits per heavy atom. The van der Waals surface area contributed by atoms with Gasteiger partial charge in [-0.3, -0.25) is 4.79 Å². The largest absolute Gasteiger partial charge is 0.460 e. The van der Waals surface area contributed by atoms with Crippen molar-refractivity contribution in [2.45, 2.75) is 126 Å². The second kappa shape index (κ2) is 17.2. The molecule has 0 aromatic heterocycles. The van der Waals surface area contributed by atoms with Crippen molar-refractivity contribution in [1.29, 1.82) is 0 Å². The molecule has 0 radical (unpaired) electrons. The average molecular weight is 732 g/mol. The number of carbonyl (C=O) groups excluding carboxylic acids is 1. The molecule has 1 aliphatic carbocycles. The molecule has 3 unspecified atom stereocenters. The Hall–Kier alpha value is -3.99. The van der Waals surface area contributed by atoms with E-state index >= 15 is 0 Å². The first-order valence-electron chi connectivity index (χ1n) is 20.8. The smallest absolute Gasteiger partial charge is 0.312 e. The van der Waals surface area contributed by atoms with Gasteiger partial charge in [0, 0.05) is 54.5 Å². The quantitative estimate of drug-likeness (QED) is 0.103. The molecule has 292 valence electrons. The lowest BCUT2D eigenvalue weighted by Gasteiger charge is -2.45. The van der Waals surface area contributed by atoms with E-state index in [1.165, 1.54) is 38.8 Å². The van der Waals surface area contributed by atoms with Gasteiger partial charge in [0.15, 0.2) is 0 Å². The Morgan fingerprint density at radius 3 is 1.67 bits per heavy atom. The van der Waals surface area contributed by atoms with Crippen LogP contribution in [0.25, 0.3) is 10.8 Å². The Bertz CT molecular complexity index is 1750. The van der Waals surface area contributed by atoms with E-state index in [0.717, 1.165) is 64.0 Å². The summed E-state index contributed by atoms with van der Waals surface area (Å²) in [7, 11) is 0. The average Bonchev–Trinajstić information content (AvgIpc) is 3.14. The lowest BCUT2D eigenvalue weighted by atomic mass is 9.61. The van der Waals surface area contributed by atoms with Crippen LogP contribution in [0.5, 0.6) is 0 Å². The zero-order chi connectivity index (χ0) is 39.3. The molecule has 1 N–H and O–H groups in total. The van der Waals surface area contributed by atoms with Gasteiger partial charge in [0.05, 0.1) is 11.5 Å². The number of hydrogen-bond acceptors (Lipinski definition) is 5. The number of esters is 1. The third-order valence-corrected chi connectivity index (χ3v) is 12.3. The third-order valence-electron chi connectivity index (χ3n) is 12.3. The van der Waals surface area contributed by atoms with E-state index < -0.39 is 5.41 Å². The highest BCUT2D eigenvalue weighted by molar-refractivity contribution is 5.97. The normalized spacial score (nSPS) is 17.6. The molecule has 0 heterocycles. The molecule has 1 saturated carbocycles. The number of rotatable bonds is 14. The van der Waals surface area contributed by atoms with Gasteiger partial charge in [-0.15, -0.1) is 0 Å². The van der Waals surface area contributed by atoms with Crippen LogP contribution in [0.3, 0.4) is 0 Å². The minimum absolute atomic E-state index is 0.00456. The molecule has 4 aromatic rings. The minimum Gasteiger partial charge on any atom is -0.460 e. The standard InChI is InChI=1S/C49H69N3O2/c1-12-51(13-2)37-28-24-35(25-29-37)45(36-26-30-38(31-27-36)52(14-3)15-4)41-32-33-42(40-21-17-16-20-39(40)41)50-43-22-18-19-23-44(43)54-46(53)49(11,48(8,9)10)34-47(5,6)7/h16-17,20-21,24-33,43-45,50H,12-15,18-19,22-23,34H2,1-11H3. The van der Waals surface area contributed by atoms with E-state index in [4.69, 9.17) is 4.74 Å². The van der Waals surface area contributed by atoms with Crippen LogP contribution in [0.4, 0.5) is 17.1 Å². The molecule has 0 amide bonds. The van der Waals surface area contributed by atoms with Crippen LogP contribution in [-0.2, 0) is 9.53 Å². The third kappa shape index (κ3) is 9.09. The number of ether oxygens (including phenoxy) is 1. The number of hydrogen-bond donors (Lipinski definition) is 1. The van der Waals surface area contributed by atoms with Crippen molar-refractivity contribution in [3.8, 4) is 0 Å². The number of benzene rings is 4. The highest BCUT2D eigenvalue weighted by Crippen LogP contribution is 2.48. The maximum absolute atomic E-state index is 14.2. The van der Waals surface area contributed by atoms with Gasteiger partial charge >= 0.3 is 5.97 Å². The monoisotopic (exact) mass is 732 g/mol. The van der Waals surface area contributed by atoms with Crippen LogP contribution in [0.15, 0.2) is 84.9 Å². The summed E-state index contributed by atoms with van der Waals surface area (Å²) in [6.07, 6.45) is 4.65. The predicted molar refractivity (Wildman–Crippen MR) is 232 cm³/mol. The molecular weight excluding hydrogens is 663 g/mol. The molecule has 5 nitrogen and oxygen atoms in total. The summed E-state index contributed by atoms with van der Waals surface area (Å²) in [6.45, 7) is 28.1. The lowest BCUT2D eigenvalue weighted by Crippen LogP contribution is -2.48. The van der Waals surface area contributed by atoms with Crippen molar-refractivity contribution in [3.63, 3.8) is 0 Å². The van der Waals surface area contributed by atoms with E-state index in [1.807, 2.05) is 0 Å². The van der Waals surface area contributed by atoms with Gasteiger partial charge in [-0.2, -0.15) is 0 Å². The number of anilines is 3. The maximum atomic E-state index is 14.2. The maximum Gasteiger partial charge on any atom is 0.312 e. The predicted octanol–water partition coefficient (Wildman–Crippen LogP) is 12.5. The summed E-state index contributed by atoms with van der Waals surface area (Å²) < 4.78 is 6.58. The summed E-state index contributed by atoms with van der Waals surface area (Å²) in [5.41, 5.74) is 6.65. The van der Waals surface area contributed by atoms with Gasteiger partial charge in [-0.05, 0) is 124 Å². The molecule has 3 atom stereocenters. The van der Waals surface area contributed by atoms with E-state index in [1.54, 1.807) is 0 Å². The highest BCUT2D eigenvalue weighted by Gasteiger charge is 2.49. The molecule has 4 aromatic carbocycles. The first-order chi connectivity index (χ1) is 25.6. The molecule has 0 bridgehead atoms. The highest BCUT2D eigenvalue weighted by atomic mass is 16.5. The van der Waals surface area contributed by atoms with Gasteiger partial charge in [-0.25, -0.2) is 0 Å². The molecule has 5 heteroatoms. The van der Waals surface area contributed by atoms with Crippen molar-refractivity contribution >= 4 is 33.8 Å². The minimum atomic E-state index is -0.594. The second-order valence-corrected chi connectivity index (χ2v) is 18.0. The zero-order valence-electron chi connectivity index (χ0n) is 35.4. The van der Waals surface area contributed by atoms with Crippen LogP contribution >= 0.6 is 0 Å². The SMILES string of the molecule is CCN(CC)c1ccc(C(c2ccc(N(CC)CC)cc2)c2ccc(NC3CCCCC3OC(=O)C(C)(CC(C)(C)C)C(C)(C)C)c3ccccc23)cc1. The van der Waals surface area contributed by atoms with Crippen LogP contribution in [0.2, 0.25) is 0 Å². The number of fused-ring (bicyclic) bond motifs is 1. The topological polar surface area (TPSA) is 44.8 Å². The molecule has 0 saturated heterocycles.